The Bertz CT molecular complexity index is 1510. The molecule has 2 aromatic heterocycles. The molecule has 0 spiro atoms. The lowest BCUT2D eigenvalue weighted by Crippen LogP contribution is -2.43. The summed E-state index contributed by atoms with van der Waals surface area (Å²) < 4.78 is 43.2. The molecule has 2 heterocycles. The van der Waals surface area contributed by atoms with Gasteiger partial charge in [0.15, 0.2) is 0 Å². The largest absolute Gasteiger partial charge is 0.491 e. The minimum Gasteiger partial charge on any atom is -0.400 e. The lowest BCUT2D eigenvalue weighted by Gasteiger charge is -2.38. The summed E-state index contributed by atoms with van der Waals surface area (Å²) in [7, 11) is 0. The highest BCUT2D eigenvalue weighted by Crippen LogP contribution is 2.41. The fourth-order valence-electron chi connectivity index (χ4n) is 4.31. The Balaban J connectivity index is 1.72. The van der Waals surface area contributed by atoms with Crippen molar-refractivity contribution in [2.45, 2.75) is 31.0 Å². The van der Waals surface area contributed by atoms with Crippen LogP contribution in [0.1, 0.15) is 30.4 Å². The van der Waals surface area contributed by atoms with Crippen molar-refractivity contribution >= 4 is 16.9 Å². The van der Waals surface area contributed by atoms with E-state index in [1.807, 2.05) is 60.7 Å². The number of fused-ring (bicyclic) bond motifs is 1. The summed E-state index contributed by atoms with van der Waals surface area (Å²) in [6.07, 6.45) is -1.27. The van der Waals surface area contributed by atoms with E-state index in [9.17, 15) is 23.2 Å². The van der Waals surface area contributed by atoms with E-state index in [1.165, 1.54) is 0 Å². The number of benzene rings is 2. The maximum Gasteiger partial charge on any atom is 0.491 e. The predicted molar refractivity (Wildman–Crippen MR) is 127 cm³/mol. The van der Waals surface area contributed by atoms with Gasteiger partial charge >= 0.3 is 12.1 Å². The average molecular weight is 488 g/mol. The van der Waals surface area contributed by atoms with E-state index in [4.69, 9.17) is 5.73 Å². The number of rotatable bonds is 4. The number of esters is 1. The second kappa shape index (κ2) is 8.73. The molecule has 0 saturated heterocycles. The van der Waals surface area contributed by atoms with Crippen LogP contribution < -0.4 is 10.5 Å². The molecule has 1 aliphatic carbocycles. The number of halogens is 3. The molecular weight excluding hydrogens is 469 g/mol. The zero-order valence-electron chi connectivity index (χ0n) is 18.8. The van der Waals surface area contributed by atoms with Gasteiger partial charge in [-0.1, -0.05) is 54.6 Å². The molecule has 0 amide bonds. The lowest BCUT2D eigenvalue weighted by molar-refractivity contribution is -0.189. The molecule has 0 bridgehead atoms. The average Bonchev–Trinajstić information content (AvgIpc) is 2.86. The van der Waals surface area contributed by atoms with Crippen molar-refractivity contribution in [2.24, 2.45) is 5.73 Å². The number of alkyl halides is 3. The molecule has 2 aromatic carbocycles. The summed E-state index contributed by atoms with van der Waals surface area (Å²) in [4.78, 5) is 20.0. The van der Waals surface area contributed by atoms with Gasteiger partial charge in [-0.25, -0.2) is 14.8 Å². The van der Waals surface area contributed by atoms with Crippen LogP contribution in [0, 0.1) is 11.3 Å². The van der Waals surface area contributed by atoms with E-state index < -0.39 is 18.0 Å². The summed E-state index contributed by atoms with van der Waals surface area (Å²) in [5.41, 5.74) is 9.79. The number of aromatic nitrogens is 2. The number of hydrogen-bond donors (Lipinski definition) is 1. The standard InChI is InChI=1S/C27H19F3N4O2/c28-27(29,30)25(35)36-24-21-13-20(16-5-2-1-3-6-16)22(34-23(21)18(14-31)15-33-24)17-7-9-19(10-8-17)26(32)11-4-12-26/h1-3,5-10,13,15H,4,11-12,32H2. The summed E-state index contributed by atoms with van der Waals surface area (Å²) >= 11 is 0. The van der Waals surface area contributed by atoms with Crippen LogP contribution in [0.5, 0.6) is 5.88 Å². The van der Waals surface area contributed by atoms with E-state index in [-0.39, 0.29) is 22.0 Å². The number of nitrogens with zero attached hydrogens (tertiary/aromatic N) is 3. The van der Waals surface area contributed by atoms with Gasteiger partial charge in [0.2, 0.25) is 5.88 Å². The van der Waals surface area contributed by atoms with E-state index in [0.29, 0.717) is 11.3 Å². The van der Waals surface area contributed by atoms with E-state index in [1.54, 1.807) is 6.07 Å². The number of ether oxygens (including phenoxy) is 1. The first-order valence-corrected chi connectivity index (χ1v) is 11.2. The number of carbonyl (C=O) groups is 1. The van der Waals surface area contributed by atoms with Crippen LogP contribution >= 0.6 is 0 Å². The molecule has 1 fully saturated rings. The van der Waals surface area contributed by atoms with Gasteiger partial charge in [0.05, 0.1) is 28.4 Å². The Hall–Kier alpha value is -4.29. The van der Waals surface area contributed by atoms with Gasteiger partial charge in [0.1, 0.15) is 6.07 Å². The fourth-order valence-corrected chi connectivity index (χ4v) is 4.31. The maximum absolute atomic E-state index is 12.9. The SMILES string of the molecule is N#Cc1cnc(OC(=O)C(F)(F)F)c2cc(-c3ccccc3)c(-c3ccc(C4(N)CCC4)cc3)nc12. The molecule has 180 valence electrons. The summed E-state index contributed by atoms with van der Waals surface area (Å²) in [5.74, 6) is -2.98. The monoisotopic (exact) mass is 488 g/mol. The van der Waals surface area contributed by atoms with Crippen LogP contribution in [0.25, 0.3) is 33.3 Å². The number of nitrogens with two attached hydrogens (primary N) is 1. The molecule has 1 aliphatic rings. The highest BCUT2D eigenvalue weighted by molar-refractivity contribution is 5.97. The predicted octanol–water partition coefficient (Wildman–Crippen LogP) is 5.64. The van der Waals surface area contributed by atoms with Crippen LogP contribution in [-0.4, -0.2) is 22.1 Å². The number of pyridine rings is 2. The Labute approximate surface area is 204 Å². The van der Waals surface area contributed by atoms with E-state index >= 15 is 0 Å². The van der Waals surface area contributed by atoms with Gasteiger partial charge in [-0.3, -0.25) is 0 Å². The Morgan fingerprint density at radius 1 is 1.06 bits per heavy atom. The first kappa shape index (κ1) is 23.5. The van der Waals surface area contributed by atoms with Crippen LogP contribution in [0.4, 0.5) is 13.2 Å². The third-order valence-electron chi connectivity index (χ3n) is 6.42. The Kier molecular flexibility index (Phi) is 5.69. The summed E-state index contributed by atoms with van der Waals surface area (Å²) in [6.45, 7) is 0. The van der Waals surface area contributed by atoms with E-state index in [2.05, 4.69) is 14.7 Å². The molecule has 4 aromatic rings. The first-order chi connectivity index (χ1) is 17.2. The second-order valence-corrected chi connectivity index (χ2v) is 8.71. The molecule has 5 rings (SSSR count). The zero-order valence-corrected chi connectivity index (χ0v) is 18.8. The van der Waals surface area contributed by atoms with Crippen molar-refractivity contribution < 1.29 is 22.7 Å². The van der Waals surface area contributed by atoms with Crippen molar-refractivity contribution in [3.8, 4) is 34.3 Å². The third-order valence-corrected chi connectivity index (χ3v) is 6.42. The first-order valence-electron chi connectivity index (χ1n) is 11.2. The second-order valence-electron chi connectivity index (χ2n) is 8.71. The Morgan fingerprint density at radius 2 is 1.75 bits per heavy atom. The normalized spacial score (nSPS) is 14.6. The molecule has 2 N–H and O–H groups in total. The summed E-state index contributed by atoms with van der Waals surface area (Å²) in [5, 5.41) is 9.63. The van der Waals surface area contributed by atoms with Crippen LogP contribution in [0.15, 0.2) is 66.9 Å². The molecule has 36 heavy (non-hydrogen) atoms. The van der Waals surface area contributed by atoms with Gasteiger partial charge in [-0.2, -0.15) is 18.4 Å². The number of nitriles is 1. The highest BCUT2D eigenvalue weighted by atomic mass is 19.4. The van der Waals surface area contributed by atoms with Gasteiger partial charge in [0.25, 0.3) is 0 Å². The molecule has 0 aliphatic heterocycles. The molecule has 0 unspecified atom stereocenters. The molecule has 6 nitrogen and oxygen atoms in total. The quantitative estimate of drug-likeness (QED) is 0.373. The lowest BCUT2D eigenvalue weighted by atomic mass is 9.72. The number of carbonyl (C=O) groups excluding carboxylic acids is 1. The topological polar surface area (TPSA) is 102 Å². The maximum atomic E-state index is 12.9. The third kappa shape index (κ3) is 4.16. The van der Waals surface area contributed by atoms with Crippen molar-refractivity contribution in [2.75, 3.05) is 0 Å². The van der Waals surface area contributed by atoms with Gasteiger partial charge < -0.3 is 10.5 Å². The molecule has 9 heteroatoms. The van der Waals surface area contributed by atoms with Gasteiger partial charge in [-0.15, -0.1) is 0 Å². The minimum atomic E-state index is -5.21. The minimum absolute atomic E-state index is 0.0150. The zero-order chi connectivity index (χ0) is 25.5. The van der Waals surface area contributed by atoms with E-state index in [0.717, 1.165) is 42.1 Å². The summed E-state index contributed by atoms with van der Waals surface area (Å²) in [6, 6.07) is 20.3. The van der Waals surface area contributed by atoms with Crippen molar-refractivity contribution in [3.63, 3.8) is 0 Å². The van der Waals surface area contributed by atoms with Crippen LogP contribution in [0.2, 0.25) is 0 Å². The number of hydrogen-bond acceptors (Lipinski definition) is 6. The van der Waals surface area contributed by atoms with Crippen molar-refractivity contribution in [3.05, 3.63) is 78.0 Å². The molecular formula is C27H19F3N4O2. The Morgan fingerprint density at radius 3 is 2.33 bits per heavy atom. The fraction of sp³-hybridized carbons (Fsp3) is 0.185. The van der Waals surface area contributed by atoms with Crippen LogP contribution in [-0.2, 0) is 10.3 Å². The van der Waals surface area contributed by atoms with Gasteiger partial charge in [0, 0.05) is 16.7 Å². The van der Waals surface area contributed by atoms with Crippen molar-refractivity contribution in [1.82, 2.24) is 9.97 Å². The highest BCUT2D eigenvalue weighted by Gasteiger charge is 2.42. The molecule has 1 saturated carbocycles. The smallest absolute Gasteiger partial charge is 0.400 e. The van der Waals surface area contributed by atoms with Gasteiger partial charge in [-0.05, 0) is 36.5 Å². The van der Waals surface area contributed by atoms with Crippen LogP contribution in [0.3, 0.4) is 0 Å². The molecule has 0 radical (unpaired) electrons. The van der Waals surface area contributed by atoms with Crippen molar-refractivity contribution in [1.29, 1.82) is 5.26 Å². The molecule has 0 atom stereocenters.